The predicted molar refractivity (Wildman–Crippen MR) is 37.6 cm³/mol. The Balaban J connectivity index is 0.000000371. The summed E-state index contributed by atoms with van der Waals surface area (Å²) < 4.78 is 0. The molecular weight excluding hydrogens is 134 g/mol. The summed E-state index contributed by atoms with van der Waals surface area (Å²) in [6.07, 6.45) is 0.436. The lowest BCUT2D eigenvalue weighted by Gasteiger charge is -2.09. The molecule has 0 amide bonds. The van der Waals surface area contributed by atoms with Crippen LogP contribution in [-0.2, 0) is 0 Å². The number of aliphatic hydroxyl groups excluding tert-OH is 3. The Bertz CT molecular complexity index is 79.4. The molecule has 10 heavy (non-hydrogen) atoms. The second-order valence-electron chi connectivity index (χ2n) is 2.10. The molecule has 4 nitrogen and oxygen atoms in total. The van der Waals surface area contributed by atoms with Crippen LogP contribution in [0.4, 0.5) is 0 Å². The molecule has 0 saturated carbocycles. The zero-order valence-electron chi connectivity index (χ0n) is 6.12. The van der Waals surface area contributed by atoms with Crippen molar-refractivity contribution in [3.05, 3.63) is 0 Å². The molecule has 0 spiro atoms. The Morgan fingerprint density at radius 2 is 2.10 bits per heavy atom. The van der Waals surface area contributed by atoms with Crippen molar-refractivity contribution in [3.8, 4) is 0 Å². The molecule has 0 aromatic carbocycles. The van der Waals surface area contributed by atoms with Gasteiger partial charge in [-0.2, -0.15) is 0 Å². The fraction of sp³-hybridized carbons (Fsp3) is 1.00. The first kappa shape index (κ1) is 9.84. The van der Waals surface area contributed by atoms with Crippen molar-refractivity contribution in [2.24, 2.45) is 0 Å². The van der Waals surface area contributed by atoms with E-state index in [1.165, 1.54) is 0 Å². The Morgan fingerprint density at radius 1 is 1.50 bits per heavy atom. The molecule has 0 aliphatic carbocycles. The minimum atomic E-state index is -0.333. The van der Waals surface area contributed by atoms with Gasteiger partial charge in [0.2, 0.25) is 0 Å². The van der Waals surface area contributed by atoms with E-state index in [-0.39, 0.29) is 18.8 Å². The van der Waals surface area contributed by atoms with Gasteiger partial charge in [0.05, 0.1) is 18.8 Å². The lowest BCUT2D eigenvalue weighted by Crippen LogP contribution is -2.33. The first-order valence-corrected chi connectivity index (χ1v) is 3.31. The van der Waals surface area contributed by atoms with E-state index < -0.39 is 0 Å². The van der Waals surface area contributed by atoms with Crippen LogP contribution < -0.4 is 5.32 Å². The molecule has 1 heterocycles. The minimum Gasteiger partial charge on any atom is -0.400 e. The SMILES string of the molecule is CO.OCC1NCCC1O. The smallest absolute Gasteiger partial charge is 0.0727 e. The molecule has 0 aromatic heterocycles. The van der Waals surface area contributed by atoms with E-state index in [0.29, 0.717) is 0 Å². The van der Waals surface area contributed by atoms with Crippen LogP contribution in [0.25, 0.3) is 0 Å². The van der Waals surface area contributed by atoms with Gasteiger partial charge in [-0.05, 0) is 13.0 Å². The van der Waals surface area contributed by atoms with Gasteiger partial charge >= 0.3 is 0 Å². The maximum atomic E-state index is 8.97. The summed E-state index contributed by atoms with van der Waals surface area (Å²) >= 11 is 0. The predicted octanol–water partition coefficient (Wildman–Crippen LogP) is -1.69. The highest BCUT2D eigenvalue weighted by atomic mass is 16.3. The summed E-state index contributed by atoms with van der Waals surface area (Å²) in [7, 11) is 1.00. The van der Waals surface area contributed by atoms with Crippen molar-refractivity contribution in [1.82, 2.24) is 5.32 Å². The average Bonchev–Trinajstić information content (AvgIpc) is 2.39. The number of hydrogen-bond acceptors (Lipinski definition) is 4. The third-order valence-corrected chi connectivity index (χ3v) is 1.51. The highest BCUT2D eigenvalue weighted by Crippen LogP contribution is 2.04. The van der Waals surface area contributed by atoms with E-state index in [4.69, 9.17) is 15.3 Å². The van der Waals surface area contributed by atoms with Crippen LogP contribution in [-0.4, -0.2) is 47.7 Å². The van der Waals surface area contributed by atoms with E-state index in [2.05, 4.69) is 5.32 Å². The summed E-state index contributed by atoms with van der Waals surface area (Å²) in [4.78, 5) is 0. The van der Waals surface area contributed by atoms with Crippen LogP contribution in [0.15, 0.2) is 0 Å². The van der Waals surface area contributed by atoms with Gasteiger partial charge in [0.15, 0.2) is 0 Å². The monoisotopic (exact) mass is 149 g/mol. The third-order valence-electron chi connectivity index (χ3n) is 1.51. The molecular formula is C6H15NO3. The Labute approximate surface area is 60.5 Å². The van der Waals surface area contributed by atoms with Crippen molar-refractivity contribution in [3.63, 3.8) is 0 Å². The van der Waals surface area contributed by atoms with Gasteiger partial charge in [-0.15, -0.1) is 0 Å². The van der Waals surface area contributed by atoms with Crippen molar-refractivity contribution in [2.75, 3.05) is 20.3 Å². The van der Waals surface area contributed by atoms with Crippen molar-refractivity contribution < 1.29 is 15.3 Å². The fourth-order valence-electron chi connectivity index (χ4n) is 0.940. The molecule has 62 valence electrons. The molecule has 1 fully saturated rings. The normalized spacial score (nSPS) is 31.2. The van der Waals surface area contributed by atoms with Crippen LogP contribution in [0.1, 0.15) is 6.42 Å². The standard InChI is InChI=1S/C5H11NO2.CH4O/c7-3-4-5(8)1-2-6-4;1-2/h4-8H,1-3H2;2H,1H3. The van der Waals surface area contributed by atoms with E-state index in [1.807, 2.05) is 0 Å². The summed E-state index contributed by atoms with van der Waals surface area (Å²) in [6.45, 7) is 0.869. The first-order chi connectivity index (χ1) is 4.84. The van der Waals surface area contributed by atoms with E-state index in [9.17, 15) is 0 Å². The first-order valence-electron chi connectivity index (χ1n) is 3.31. The van der Waals surface area contributed by atoms with Crippen LogP contribution in [0.2, 0.25) is 0 Å². The van der Waals surface area contributed by atoms with Gasteiger partial charge in [-0.3, -0.25) is 0 Å². The maximum absolute atomic E-state index is 8.97. The highest BCUT2D eigenvalue weighted by Gasteiger charge is 2.22. The molecule has 1 aliphatic rings. The molecule has 0 aromatic rings. The lowest BCUT2D eigenvalue weighted by molar-refractivity contribution is 0.121. The van der Waals surface area contributed by atoms with E-state index >= 15 is 0 Å². The van der Waals surface area contributed by atoms with Gasteiger partial charge in [-0.25, -0.2) is 0 Å². The second-order valence-corrected chi connectivity index (χ2v) is 2.10. The van der Waals surface area contributed by atoms with Crippen LogP contribution in [0.5, 0.6) is 0 Å². The number of hydrogen-bond donors (Lipinski definition) is 4. The molecule has 1 saturated heterocycles. The number of rotatable bonds is 1. The second kappa shape index (κ2) is 5.61. The van der Waals surface area contributed by atoms with Gasteiger partial charge in [-0.1, -0.05) is 0 Å². The number of nitrogens with one attached hydrogen (secondary N) is 1. The summed E-state index contributed by atoms with van der Waals surface area (Å²) in [5.74, 6) is 0. The Hall–Kier alpha value is -0.160. The quantitative estimate of drug-likeness (QED) is 0.359. The van der Waals surface area contributed by atoms with Gasteiger partial charge in [0.25, 0.3) is 0 Å². The molecule has 0 radical (unpaired) electrons. The molecule has 1 rings (SSSR count). The molecule has 0 bridgehead atoms. The molecule has 2 unspecified atom stereocenters. The zero-order chi connectivity index (χ0) is 7.98. The largest absolute Gasteiger partial charge is 0.400 e. The van der Waals surface area contributed by atoms with Crippen molar-refractivity contribution >= 4 is 0 Å². The van der Waals surface area contributed by atoms with Gasteiger partial charge in [0.1, 0.15) is 0 Å². The third kappa shape index (κ3) is 2.62. The lowest BCUT2D eigenvalue weighted by atomic mass is 10.2. The molecule has 2 atom stereocenters. The van der Waals surface area contributed by atoms with Gasteiger partial charge < -0.3 is 20.6 Å². The van der Waals surface area contributed by atoms with Crippen LogP contribution in [0, 0.1) is 0 Å². The van der Waals surface area contributed by atoms with Crippen LogP contribution in [0.3, 0.4) is 0 Å². The topological polar surface area (TPSA) is 72.7 Å². The molecule has 1 aliphatic heterocycles. The summed E-state index contributed by atoms with van der Waals surface area (Å²) in [5.41, 5.74) is 0. The summed E-state index contributed by atoms with van der Waals surface area (Å²) in [6, 6.07) is -0.0741. The Kier molecular flexibility index (Phi) is 5.52. The summed E-state index contributed by atoms with van der Waals surface area (Å²) in [5, 5.41) is 27.4. The minimum absolute atomic E-state index is 0.0428. The zero-order valence-corrected chi connectivity index (χ0v) is 6.12. The average molecular weight is 149 g/mol. The van der Waals surface area contributed by atoms with Crippen molar-refractivity contribution in [2.45, 2.75) is 18.6 Å². The van der Waals surface area contributed by atoms with Gasteiger partial charge in [0, 0.05) is 7.11 Å². The maximum Gasteiger partial charge on any atom is 0.0727 e. The van der Waals surface area contributed by atoms with Crippen molar-refractivity contribution in [1.29, 1.82) is 0 Å². The van der Waals surface area contributed by atoms with Crippen LogP contribution >= 0.6 is 0 Å². The van der Waals surface area contributed by atoms with E-state index in [0.717, 1.165) is 20.1 Å². The fourth-order valence-corrected chi connectivity index (χ4v) is 0.940. The molecule has 4 heteroatoms. The highest BCUT2D eigenvalue weighted by molar-refractivity contribution is 4.81. The molecule has 4 N–H and O–H groups in total. The number of aliphatic hydroxyl groups is 3. The Morgan fingerprint density at radius 3 is 2.30 bits per heavy atom. The van der Waals surface area contributed by atoms with E-state index in [1.54, 1.807) is 0 Å².